The third kappa shape index (κ3) is 2.45. The van der Waals surface area contributed by atoms with Gasteiger partial charge in [0.05, 0.1) is 16.6 Å². The number of aromatic nitrogens is 2. The molecule has 0 saturated carbocycles. The average Bonchev–Trinajstić information content (AvgIpc) is 3.10. The van der Waals surface area contributed by atoms with E-state index in [1.807, 2.05) is 24.7 Å². The van der Waals surface area contributed by atoms with Crippen molar-refractivity contribution in [2.75, 3.05) is 0 Å². The molecule has 0 spiro atoms. The van der Waals surface area contributed by atoms with Crippen molar-refractivity contribution < 1.29 is 4.79 Å². The molecule has 0 bridgehead atoms. The second-order valence-corrected chi connectivity index (χ2v) is 7.19. The van der Waals surface area contributed by atoms with Gasteiger partial charge in [-0.3, -0.25) is 9.48 Å². The van der Waals surface area contributed by atoms with Crippen LogP contribution in [0.4, 0.5) is 0 Å². The molecule has 1 aliphatic rings. The lowest BCUT2D eigenvalue weighted by Gasteiger charge is -2.26. The fourth-order valence-electron chi connectivity index (χ4n) is 3.45. The Labute approximate surface area is 139 Å². The Morgan fingerprint density at radius 2 is 2.22 bits per heavy atom. The van der Waals surface area contributed by atoms with Crippen LogP contribution in [0.1, 0.15) is 45.4 Å². The summed E-state index contributed by atoms with van der Waals surface area (Å²) in [4.78, 5) is 14.5. The first kappa shape index (κ1) is 14.5. The summed E-state index contributed by atoms with van der Waals surface area (Å²) in [5, 5.41) is 8.69. The van der Waals surface area contributed by atoms with Gasteiger partial charge < -0.3 is 5.32 Å². The molecule has 1 amide bonds. The molecule has 1 aliphatic carbocycles. The standard InChI is InChI=1S/C18H19N3OS/c1-11-14-10-16(23-18(14)21(2)20-11)17(22)19-15-9-5-7-12-6-3-4-8-13(12)15/h3-4,6,8,10,15H,5,7,9H2,1-2H3,(H,19,22). The zero-order chi connectivity index (χ0) is 16.0. The summed E-state index contributed by atoms with van der Waals surface area (Å²) in [6.07, 6.45) is 3.24. The summed E-state index contributed by atoms with van der Waals surface area (Å²) in [5.74, 6) is 0.0207. The van der Waals surface area contributed by atoms with Gasteiger partial charge in [0.2, 0.25) is 0 Å². The number of rotatable bonds is 2. The minimum Gasteiger partial charge on any atom is -0.345 e. The van der Waals surface area contributed by atoms with Gasteiger partial charge in [-0.05, 0) is 43.4 Å². The van der Waals surface area contributed by atoms with Crippen LogP contribution >= 0.6 is 11.3 Å². The Bertz CT molecular complexity index is 858. The number of nitrogens with one attached hydrogen (secondary N) is 1. The quantitative estimate of drug-likeness (QED) is 0.780. The van der Waals surface area contributed by atoms with Gasteiger partial charge in [-0.1, -0.05) is 24.3 Å². The minimum atomic E-state index is 0.0207. The highest BCUT2D eigenvalue weighted by Crippen LogP contribution is 2.31. The van der Waals surface area contributed by atoms with Crippen LogP contribution in [0, 0.1) is 6.92 Å². The Morgan fingerprint density at radius 3 is 3.04 bits per heavy atom. The Balaban J connectivity index is 1.61. The SMILES string of the molecule is Cc1nn(C)c2sc(C(=O)NC3CCCc4ccccc43)cc12. The van der Waals surface area contributed by atoms with E-state index in [2.05, 4.69) is 34.7 Å². The monoisotopic (exact) mass is 325 g/mol. The molecular weight excluding hydrogens is 306 g/mol. The van der Waals surface area contributed by atoms with Gasteiger partial charge in [-0.2, -0.15) is 5.10 Å². The molecule has 2 heterocycles. The molecule has 0 saturated heterocycles. The lowest BCUT2D eigenvalue weighted by molar-refractivity contribution is 0.0937. The van der Waals surface area contributed by atoms with Gasteiger partial charge in [0.25, 0.3) is 5.91 Å². The Kier molecular flexibility index (Phi) is 3.45. The lowest BCUT2D eigenvalue weighted by atomic mass is 9.88. The van der Waals surface area contributed by atoms with Crippen LogP contribution in [0.15, 0.2) is 30.3 Å². The number of amides is 1. The predicted molar refractivity (Wildman–Crippen MR) is 92.9 cm³/mol. The first-order chi connectivity index (χ1) is 11.1. The van der Waals surface area contributed by atoms with E-state index in [4.69, 9.17) is 0 Å². The first-order valence-electron chi connectivity index (χ1n) is 7.95. The fraction of sp³-hybridized carbons (Fsp3) is 0.333. The second kappa shape index (κ2) is 5.49. The number of thiophene rings is 1. The summed E-state index contributed by atoms with van der Waals surface area (Å²) in [6, 6.07) is 10.5. The van der Waals surface area contributed by atoms with E-state index in [0.717, 1.165) is 40.1 Å². The molecule has 2 aromatic heterocycles. The van der Waals surface area contributed by atoms with E-state index in [1.54, 1.807) is 0 Å². The van der Waals surface area contributed by atoms with Crippen molar-refractivity contribution in [1.29, 1.82) is 0 Å². The van der Waals surface area contributed by atoms with Gasteiger partial charge in [-0.25, -0.2) is 0 Å². The highest BCUT2D eigenvalue weighted by atomic mass is 32.1. The number of carbonyl (C=O) groups excluding carboxylic acids is 1. The van der Waals surface area contributed by atoms with Crippen molar-refractivity contribution in [3.63, 3.8) is 0 Å². The van der Waals surface area contributed by atoms with Gasteiger partial charge >= 0.3 is 0 Å². The summed E-state index contributed by atoms with van der Waals surface area (Å²) in [6.45, 7) is 1.98. The number of fused-ring (bicyclic) bond motifs is 2. The summed E-state index contributed by atoms with van der Waals surface area (Å²) >= 11 is 1.51. The van der Waals surface area contributed by atoms with Crippen molar-refractivity contribution >= 4 is 27.5 Å². The molecular formula is C18H19N3OS. The lowest BCUT2D eigenvalue weighted by Crippen LogP contribution is -2.30. The van der Waals surface area contributed by atoms with Crippen LogP contribution in [0.3, 0.4) is 0 Å². The van der Waals surface area contributed by atoms with Crippen LogP contribution < -0.4 is 5.32 Å². The third-order valence-electron chi connectivity index (χ3n) is 4.59. The van der Waals surface area contributed by atoms with Crippen LogP contribution in [0.2, 0.25) is 0 Å². The van der Waals surface area contributed by atoms with Gasteiger partial charge in [-0.15, -0.1) is 11.3 Å². The van der Waals surface area contributed by atoms with Gasteiger partial charge in [0.15, 0.2) is 0 Å². The second-order valence-electron chi connectivity index (χ2n) is 6.16. The molecule has 23 heavy (non-hydrogen) atoms. The van der Waals surface area contributed by atoms with Gasteiger partial charge in [0, 0.05) is 12.4 Å². The van der Waals surface area contributed by atoms with Crippen LogP contribution in [0.25, 0.3) is 10.2 Å². The number of hydrogen-bond donors (Lipinski definition) is 1. The van der Waals surface area contributed by atoms with Crippen molar-refractivity contribution in [2.24, 2.45) is 7.05 Å². The highest BCUT2D eigenvalue weighted by molar-refractivity contribution is 7.20. The van der Waals surface area contributed by atoms with Crippen LogP contribution in [-0.2, 0) is 13.5 Å². The number of hydrogen-bond acceptors (Lipinski definition) is 3. The normalized spacial score (nSPS) is 17.2. The maximum Gasteiger partial charge on any atom is 0.261 e. The number of benzene rings is 1. The van der Waals surface area contributed by atoms with E-state index in [1.165, 1.54) is 22.5 Å². The summed E-state index contributed by atoms with van der Waals surface area (Å²) in [5.41, 5.74) is 3.60. The maximum absolute atomic E-state index is 12.7. The largest absolute Gasteiger partial charge is 0.345 e. The first-order valence-corrected chi connectivity index (χ1v) is 8.77. The zero-order valence-corrected chi connectivity index (χ0v) is 14.1. The highest BCUT2D eigenvalue weighted by Gasteiger charge is 2.23. The molecule has 1 N–H and O–H groups in total. The Hall–Kier alpha value is -2.14. The maximum atomic E-state index is 12.7. The number of aryl methyl sites for hydroxylation is 3. The topological polar surface area (TPSA) is 46.9 Å². The smallest absolute Gasteiger partial charge is 0.261 e. The van der Waals surface area contributed by atoms with E-state index in [9.17, 15) is 4.79 Å². The average molecular weight is 325 g/mol. The predicted octanol–water partition coefficient (Wildman–Crippen LogP) is 3.75. The van der Waals surface area contributed by atoms with Gasteiger partial charge in [0.1, 0.15) is 4.83 Å². The zero-order valence-electron chi connectivity index (χ0n) is 13.3. The number of nitrogens with zero attached hydrogens (tertiary/aromatic N) is 2. The van der Waals surface area contributed by atoms with E-state index < -0.39 is 0 Å². The molecule has 1 unspecified atom stereocenters. The Morgan fingerprint density at radius 1 is 1.39 bits per heavy atom. The summed E-state index contributed by atoms with van der Waals surface area (Å²) < 4.78 is 1.85. The fourth-order valence-corrected chi connectivity index (χ4v) is 4.48. The van der Waals surface area contributed by atoms with Crippen molar-refractivity contribution in [1.82, 2.24) is 15.1 Å². The molecule has 0 radical (unpaired) electrons. The van der Waals surface area contributed by atoms with Crippen molar-refractivity contribution in [3.05, 3.63) is 52.0 Å². The molecule has 1 atom stereocenters. The van der Waals surface area contributed by atoms with E-state index in [0.29, 0.717) is 0 Å². The number of carbonyl (C=O) groups is 1. The molecule has 3 aromatic rings. The molecule has 0 fully saturated rings. The van der Waals surface area contributed by atoms with Crippen LogP contribution in [0.5, 0.6) is 0 Å². The van der Waals surface area contributed by atoms with E-state index in [-0.39, 0.29) is 11.9 Å². The van der Waals surface area contributed by atoms with E-state index >= 15 is 0 Å². The van der Waals surface area contributed by atoms with Crippen LogP contribution in [-0.4, -0.2) is 15.7 Å². The minimum absolute atomic E-state index is 0.0207. The molecule has 4 nitrogen and oxygen atoms in total. The molecule has 0 aliphatic heterocycles. The third-order valence-corrected chi connectivity index (χ3v) is 5.80. The molecule has 1 aromatic carbocycles. The molecule has 4 rings (SSSR count). The van der Waals surface area contributed by atoms with Crippen molar-refractivity contribution in [3.8, 4) is 0 Å². The summed E-state index contributed by atoms with van der Waals surface area (Å²) in [7, 11) is 1.92. The van der Waals surface area contributed by atoms with Crippen molar-refractivity contribution in [2.45, 2.75) is 32.2 Å². The molecule has 118 valence electrons. The molecule has 5 heteroatoms.